The van der Waals surface area contributed by atoms with Crippen molar-refractivity contribution in [3.05, 3.63) is 70.9 Å². The summed E-state index contributed by atoms with van der Waals surface area (Å²) in [7, 11) is 1.62. The molecule has 0 fully saturated rings. The highest BCUT2D eigenvalue weighted by Crippen LogP contribution is 2.26. The van der Waals surface area contributed by atoms with Crippen molar-refractivity contribution in [1.82, 2.24) is 14.7 Å². The Morgan fingerprint density at radius 3 is 2.38 bits per heavy atom. The lowest BCUT2D eigenvalue weighted by Crippen LogP contribution is -2.41. The van der Waals surface area contributed by atoms with Gasteiger partial charge in [-0.1, -0.05) is 50.6 Å². The number of ether oxygens (including phenoxy) is 1. The number of anilines is 2. The Labute approximate surface area is 220 Å². The average Bonchev–Trinajstić information content (AvgIpc) is 3.26. The molecule has 2 aromatic carbocycles. The monoisotopic (exact) mass is 505 g/mol. The van der Waals surface area contributed by atoms with Crippen LogP contribution in [0.1, 0.15) is 49.6 Å². The molecule has 0 aliphatic rings. The number of urea groups is 1. The van der Waals surface area contributed by atoms with E-state index in [1.54, 1.807) is 11.8 Å². The molecule has 198 valence electrons. The number of nitrogens with zero attached hydrogens (tertiary/aromatic N) is 3. The van der Waals surface area contributed by atoms with Gasteiger partial charge in [0.1, 0.15) is 12.4 Å². The van der Waals surface area contributed by atoms with Crippen molar-refractivity contribution in [3.63, 3.8) is 0 Å². The predicted octanol–water partition coefficient (Wildman–Crippen LogP) is 5.60. The number of carbonyl (C=O) groups excluding carboxylic acids is 2. The molecular weight excluding hydrogens is 466 g/mol. The van der Waals surface area contributed by atoms with Gasteiger partial charge < -0.3 is 20.3 Å². The molecule has 2 N–H and O–H groups in total. The maximum absolute atomic E-state index is 13.2. The molecule has 3 aromatic rings. The zero-order valence-electron chi connectivity index (χ0n) is 23.0. The summed E-state index contributed by atoms with van der Waals surface area (Å²) in [4.78, 5) is 27.9. The minimum absolute atomic E-state index is 0.107. The van der Waals surface area contributed by atoms with Gasteiger partial charge in [0.15, 0.2) is 0 Å². The molecule has 0 atom stereocenters. The van der Waals surface area contributed by atoms with Crippen LogP contribution in [0.2, 0.25) is 0 Å². The molecule has 3 amide bonds. The molecule has 0 spiro atoms. The first-order chi connectivity index (χ1) is 17.5. The van der Waals surface area contributed by atoms with E-state index >= 15 is 0 Å². The van der Waals surface area contributed by atoms with Crippen LogP contribution in [-0.2, 0) is 14.9 Å². The van der Waals surface area contributed by atoms with Crippen molar-refractivity contribution in [3.8, 4) is 5.69 Å². The molecule has 0 unspecified atom stereocenters. The lowest BCUT2D eigenvalue weighted by Gasteiger charge is -2.23. The van der Waals surface area contributed by atoms with Gasteiger partial charge in [0.05, 0.1) is 11.4 Å². The fraction of sp³-hybridized carbons (Fsp3) is 0.414. The number of amides is 3. The standard InChI is InChI=1S/C29H39N5O3/c1-20-12-14-23(15-13-20)34-26(18-25(32-34)29(4,5)6)31-27(35)19-33(16-9-17-37-7)28(36)30-24-11-8-10-21(2)22(24)3/h8,10-15,18H,9,16-17,19H2,1-7H3,(H,30,36)(H,31,35). The van der Waals surface area contributed by atoms with E-state index in [1.807, 2.05) is 69.3 Å². The van der Waals surface area contributed by atoms with E-state index in [0.29, 0.717) is 25.4 Å². The van der Waals surface area contributed by atoms with Crippen molar-refractivity contribution in [1.29, 1.82) is 0 Å². The summed E-state index contributed by atoms with van der Waals surface area (Å²) >= 11 is 0. The van der Waals surface area contributed by atoms with Gasteiger partial charge in [-0.25, -0.2) is 9.48 Å². The van der Waals surface area contributed by atoms with E-state index in [9.17, 15) is 9.59 Å². The van der Waals surface area contributed by atoms with Gasteiger partial charge >= 0.3 is 6.03 Å². The van der Waals surface area contributed by atoms with E-state index in [4.69, 9.17) is 9.84 Å². The smallest absolute Gasteiger partial charge is 0.322 e. The summed E-state index contributed by atoms with van der Waals surface area (Å²) in [5.41, 5.74) is 5.45. The molecule has 1 heterocycles. The summed E-state index contributed by atoms with van der Waals surface area (Å²) in [5.74, 6) is 0.257. The molecule has 8 nitrogen and oxygen atoms in total. The summed E-state index contributed by atoms with van der Waals surface area (Å²) in [6.45, 7) is 13.0. The Hall–Kier alpha value is -3.65. The second-order valence-electron chi connectivity index (χ2n) is 10.4. The first-order valence-corrected chi connectivity index (χ1v) is 12.6. The van der Waals surface area contributed by atoms with Crippen LogP contribution < -0.4 is 10.6 Å². The van der Waals surface area contributed by atoms with Gasteiger partial charge in [-0.2, -0.15) is 5.10 Å². The zero-order chi connectivity index (χ0) is 27.2. The van der Waals surface area contributed by atoms with Crippen LogP contribution in [0, 0.1) is 20.8 Å². The summed E-state index contributed by atoms with van der Waals surface area (Å²) in [5, 5.41) is 10.7. The highest BCUT2D eigenvalue weighted by atomic mass is 16.5. The molecule has 0 saturated heterocycles. The Morgan fingerprint density at radius 1 is 1.03 bits per heavy atom. The first-order valence-electron chi connectivity index (χ1n) is 12.6. The predicted molar refractivity (Wildman–Crippen MR) is 149 cm³/mol. The largest absolute Gasteiger partial charge is 0.385 e. The second kappa shape index (κ2) is 12.1. The van der Waals surface area contributed by atoms with Crippen LogP contribution in [0.25, 0.3) is 5.69 Å². The summed E-state index contributed by atoms with van der Waals surface area (Å²) < 4.78 is 6.90. The van der Waals surface area contributed by atoms with E-state index in [1.165, 1.54) is 4.90 Å². The number of carbonyl (C=O) groups is 2. The molecule has 0 aliphatic heterocycles. The minimum atomic E-state index is -0.331. The maximum Gasteiger partial charge on any atom is 0.322 e. The number of aromatic nitrogens is 2. The highest BCUT2D eigenvalue weighted by molar-refractivity contribution is 5.97. The second-order valence-corrected chi connectivity index (χ2v) is 10.4. The van der Waals surface area contributed by atoms with Gasteiger partial charge in [-0.3, -0.25) is 4.79 Å². The number of hydrogen-bond acceptors (Lipinski definition) is 4. The molecule has 3 rings (SSSR count). The van der Waals surface area contributed by atoms with Gasteiger partial charge in [0, 0.05) is 37.4 Å². The summed E-state index contributed by atoms with van der Waals surface area (Å²) in [6.07, 6.45) is 0.611. The van der Waals surface area contributed by atoms with Crippen LogP contribution in [0.15, 0.2) is 48.5 Å². The van der Waals surface area contributed by atoms with Crippen molar-refractivity contribution in [2.75, 3.05) is 37.4 Å². The van der Waals surface area contributed by atoms with Crippen LogP contribution in [0.4, 0.5) is 16.3 Å². The average molecular weight is 506 g/mol. The number of aryl methyl sites for hydroxylation is 2. The lowest BCUT2D eigenvalue weighted by atomic mass is 9.92. The third kappa shape index (κ3) is 7.43. The van der Waals surface area contributed by atoms with Crippen LogP contribution in [0.3, 0.4) is 0 Å². The Balaban J connectivity index is 1.82. The van der Waals surface area contributed by atoms with Crippen LogP contribution in [-0.4, -0.2) is 53.4 Å². The lowest BCUT2D eigenvalue weighted by molar-refractivity contribution is -0.116. The summed E-state index contributed by atoms with van der Waals surface area (Å²) in [6, 6.07) is 15.3. The van der Waals surface area contributed by atoms with Gasteiger partial charge in [-0.05, 0) is 56.5 Å². The van der Waals surface area contributed by atoms with E-state index in [-0.39, 0.29) is 23.9 Å². The Kier molecular flexibility index (Phi) is 9.10. The van der Waals surface area contributed by atoms with Crippen molar-refractivity contribution < 1.29 is 14.3 Å². The van der Waals surface area contributed by atoms with Gasteiger partial charge in [0.2, 0.25) is 5.91 Å². The SMILES string of the molecule is COCCCN(CC(=O)Nc1cc(C(C)(C)C)nn1-c1ccc(C)cc1)C(=O)Nc1cccc(C)c1C. The highest BCUT2D eigenvalue weighted by Gasteiger charge is 2.23. The molecule has 8 heteroatoms. The molecule has 1 aromatic heterocycles. The van der Waals surface area contributed by atoms with Gasteiger partial charge in [0.25, 0.3) is 0 Å². The topological polar surface area (TPSA) is 88.5 Å². The Morgan fingerprint density at radius 2 is 1.73 bits per heavy atom. The van der Waals surface area contributed by atoms with E-state index in [2.05, 4.69) is 31.4 Å². The third-order valence-corrected chi connectivity index (χ3v) is 6.27. The van der Waals surface area contributed by atoms with Crippen molar-refractivity contribution in [2.45, 2.75) is 53.4 Å². The fourth-order valence-electron chi connectivity index (χ4n) is 3.81. The van der Waals surface area contributed by atoms with E-state index < -0.39 is 0 Å². The molecular formula is C29H39N5O3. The number of nitrogens with one attached hydrogen (secondary N) is 2. The molecule has 0 radical (unpaired) electrons. The molecule has 0 aliphatic carbocycles. The van der Waals surface area contributed by atoms with Crippen LogP contribution in [0.5, 0.6) is 0 Å². The number of hydrogen-bond donors (Lipinski definition) is 2. The number of methoxy groups -OCH3 is 1. The molecule has 0 saturated carbocycles. The van der Waals surface area contributed by atoms with E-state index in [0.717, 1.165) is 33.8 Å². The normalized spacial score (nSPS) is 11.3. The maximum atomic E-state index is 13.2. The fourth-order valence-corrected chi connectivity index (χ4v) is 3.81. The van der Waals surface area contributed by atoms with Crippen molar-refractivity contribution >= 4 is 23.4 Å². The number of rotatable bonds is 9. The third-order valence-electron chi connectivity index (χ3n) is 6.27. The number of benzene rings is 2. The van der Waals surface area contributed by atoms with Crippen molar-refractivity contribution in [2.24, 2.45) is 0 Å². The molecule has 0 bridgehead atoms. The Bertz CT molecular complexity index is 1230. The van der Waals surface area contributed by atoms with Gasteiger partial charge in [-0.15, -0.1) is 0 Å². The first kappa shape index (κ1) is 27.9. The molecule has 37 heavy (non-hydrogen) atoms. The zero-order valence-corrected chi connectivity index (χ0v) is 23.0. The quantitative estimate of drug-likeness (QED) is 0.370. The minimum Gasteiger partial charge on any atom is -0.385 e. The van der Waals surface area contributed by atoms with Crippen LogP contribution >= 0.6 is 0 Å².